The first-order valence-electron chi connectivity index (χ1n) is 8.89. The van der Waals surface area contributed by atoms with Crippen LogP contribution in [0.2, 0.25) is 0 Å². The van der Waals surface area contributed by atoms with Crippen molar-refractivity contribution in [1.82, 2.24) is 9.97 Å². The standard InChI is InChI=1S/C21H21N5O3/c1-13-22-18(12-20(23-13)26-17-6-4-5-7-19(17)29-3)21(28)25-16-10-8-15(9-11-16)24-14(2)27/h4-12H,1-3H3,(H,24,27)(H,25,28)(H,22,23,26). The highest BCUT2D eigenvalue weighted by molar-refractivity contribution is 6.03. The maximum atomic E-state index is 12.6. The average molecular weight is 391 g/mol. The van der Waals surface area contributed by atoms with Crippen LogP contribution >= 0.6 is 0 Å². The molecule has 0 spiro atoms. The zero-order valence-electron chi connectivity index (χ0n) is 16.3. The van der Waals surface area contributed by atoms with Crippen LogP contribution in [0.15, 0.2) is 54.6 Å². The zero-order chi connectivity index (χ0) is 20.8. The number of nitrogens with zero attached hydrogens (tertiary/aromatic N) is 2. The molecular weight excluding hydrogens is 370 g/mol. The number of carbonyl (C=O) groups excluding carboxylic acids is 2. The summed E-state index contributed by atoms with van der Waals surface area (Å²) in [5, 5.41) is 8.61. The molecule has 3 N–H and O–H groups in total. The summed E-state index contributed by atoms with van der Waals surface area (Å²) < 4.78 is 5.33. The molecule has 1 aromatic heterocycles. The first-order valence-corrected chi connectivity index (χ1v) is 8.89. The highest BCUT2D eigenvalue weighted by Gasteiger charge is 2.12. The number of ether oxygens (including phenoxy) is 1. The van der Waals surface area contributed by atoms with Crippen molar-refractivity contribution in [2.75, 3.05) is 23.1 Å². The van der Waals surface area contributed by atoms with E-state index in [1.54, 1.807) is 44.4 Å². The predicted octanol–water partition coefficient (Wildman–Crippen LogP) is 3.75. The number of nitrogens with one attached hydrogen (secondary N) is 3. The number of hydrogen-bond donors (Lipinski definition) is 3. The van der Waals surface area contributed by atoms with Crippen LogP contribution in [0, 0.1) is 6.92 Å². The van der Waals surface area contributed by atoms with Gasteiger partial charge >= 0.3 is 0 Å². The Labute approximate surface area is 168 Å². The van der Waals surface area contributed by atoms with Gasteiger partial charge in [0.2, 0.25) is 5.91 Å². The number of rotatable bonds is 6. The SMILES string of the molecule is COc1ccccc1Nc1cc(C(=O)Nc2ccc(NC(C)=O)cc2)nc(C)n1. The first-order chi connectivity index (χ1) is 13.9. The highest BCUT2D eigenvalue weighted by atomic mass is 16.5. The fourth-order valence-electron chi connectivity index (χ4n) is 2.67. The van der Waals surface area contributed by atoms with E-state index in [9.17, 15) is 9.59 Å². The molecular formula is C21H21N5O3. The van der Waals surface area contributed by atoms with Crippen molar-refractivity contribution in [2.24, 2.45) is 0 Å². The van der Waals surface area contributed by atoms with Crippen LogP contribution in [0.1, 0.15) is 23.2 Å². The molecule has 0 fully saturated rings. The largest absolute Gasteiger partial charge is 0.495 e. The fraction of sp³-hybridized carbons (Fsp3) is 0.143. The van der Waals surface area contributed by atoms with E-state index in [-0.39, 0.29) is 17.5 Å². The molecule has 1 heterocycles. The number of aromatic nitrogens is 2. The lowest BCUT2D eigenvalue weighted by Crippen LogP contribution is -2.15. The monoisotopic (exact) mass is 391 g/mol. The van der Waals surface area contributed by atoms with Gasteiger partial charge in [-0.05, 0) is 43.3 Å². The Morgan fingerprint density at radius 1 is 0.931 bits per heavy atom. The van der Waals surface area contributed by atoms with Gasteiger partial charge in [0.05, 0.1) is 12.8 Å². The second kappa shape index (κ2) is 8.83. The van der Waals surface area contributed by atoms with Gasteiger partial charge in [0.1, 0.15) is 23.1 Å². The highest BCUT2D eigenvalue weighted by Crippen LogP contribution is 2.26. The number of aryl methyl sites for hydroxylation is 1. The van der Waals surface area contributed by atoms with Gasteiger partial charge in [-0.1, -0.05) is 12.1 Å². The molecule has 3 rings (SSSR count). The van der Waals surface area contributed by atoms with Gasteiger partial charge in [-0.25, -0.2) is 9.97 Å². The predicted molar refractivity (Wildman–Crippen MR) is 112 cm³/mol. The molecule has 0 unspecified atom stereocenters. The summed E-state index contributed by atoms with van der Waals surface area (Å²) in [5.74, 6) is 1.07. The lowest BCUT2D eigenvalue weighted by atomic mass is 10.2. The number of carbonyl (C=O) groups is 2. The maximum absolute atomic E-state index is 12.6. The molecule has 3 aromatic rings. The lowest BCUT2D eigenvalue weighted by Gasteiger charge is -2.12. The Morgan fingerprint density at radius 3 is 2.24 bits per heavy atom. The van der Waals surface area contributed by atoms with E-state index in [1.165, 1.54) is 6.92 Å². The third-order valence-corrected chi connectivity index (χ3v) is 3.90. The maximum Gasteiger partial charge on any atom is 0.274 e. The van der Waals surface area contributed by atoms with E-state index >= 15 is 0 Å². The Hall–Kier alpha value is -3.94. The molecule has 0 saturated carbocycles. The molecule has 0 atom stereocenters. The minimum absolute atomic E-state index is 0.159. The van der Waals surface area contributed by atoms with Gasteiger partial charge in [-0.15, -0.1) is 0 Å². The molecule has 2 amide bonds. The topological polar surface area (TPSA) is 105 Å². The summed E-state index contributed by atoms with van der Waals surface area (Å²) in [6.45, 7) is 3.15. The zero-order valence-corrected chi connectivity index (χ0v) is 16.3. The second-order valence-corrected chi connectivity index (χ2v) is 6.22. The Bertz CT molecular complexity index is 1030. The van der Waals surface area contributed by atoms with Crippen molar-refractivity contribution in [3.8, 4) is 5.75 Å². The van der Waals surface area contributed by atoms with E-state index < -0.39 is 0 Å². The summed E-state index contributed by atoms with van der Waals surface area (Å²) in [6, 6.07) is 15.8. The van der Waals surface area contributed by atoms with Gasteiger partial charge in [0, 0.05) is 24.4 Å². The minimum Gasteiger partial charge on any atom is -0.495 e. The lowest BCUT2D eigenvalue weighted by molar-refractivity contribution is -0.114. The van der Waals surface area contributed by atoms with Crippen LogP contribution < -0.4 is 20.7 Å². The van der Waals surface area contributed by atoms with Crippen LogP contribution in [0.5, 0.6) is 5.75 Å². The van der Waals surface area contributed by atoms with Gasteiger partial charge in [-0.3, -0.25) is 9.59 Å². The normalized spacial score (nSPS) is 10.2. The summed E-state index contributed by atoms with van der Waals surface area (Å²) in [4.78, 5) is 32.3. The van der Waals surface area contributed by atoms with Gasteiger partial charge in [0.25, 0.3) is 5.91 Å². The van der Waals surface area contributed by atoms with E-state index in [0.717, 1.165) is 5.69 Å². The molecule has 8 nitrogen and oxygen atoms in total. The van der Waals surface area contributed by atoms with Crippen LogP contribution in [0.4, 0.5) is 22.9 Å². The fourth-order valence-corrected chi connectivity index (χ4v) is 2.67. The Morgan fingerprint density at radius 2 is 1.59 bits per heavy atom. The van der Waals surface area contributed by atoms with E-state index in [4.69, 9.17) is 4.74 Å². The van der Waals surface area contributed by atoms with Crippen molar-refractivity contribution in [3.05, 3.63) is 66.1 Å². The van der Waals surface area contributed by atoms with Crippen LogP contribution in [-0.2, 0) is 4.79 Å². The van der Waals surface area contributed by atoms with Crippen molar-refractivity contribution in [2.45, 2.75) is 13.8 Å². The summed E-state index contributed by atoms with van der Waals surface area (Å²) in [6.07, 6.45) is 0. The molecule has 0 bridgehead atoms. The summed E-state index contributed by atoms with van der Waals surface area (Å²) in [7, 11) is 1.59. The number of anilines is 4. The van der Waals surface area contributed by atoms with Crippen LogP contribution in [0.3, 0.4) is 0 Å². The quantitative estimate of drug-likeness (QED) is 0.591. The number of methoxy groups -OCH3 is 1. The molecule has 0 aliphatic rings. The molecule has 2 aromatic carbocycles. The molecule has 0 aliphatic carbocycles. The number of hydrogen-bond acceptors (Lipinski definition) is 6. The Kier molecular flexibility index (Phi) is 6.03. The minimum atomic E-state index is -0.370. The molecule has 29 heavy (non-hydrogen) atoms. The van der Waals surface area contributed by atoms with Gasteiger partial charge in [-0.2, -0.15) is 0 Å². The third kappa shape index (κ3) is 5.29. The Balaban J connectivity index is 1.76. The van der Waals surface area contributed by atoms with Gasteiger partial charge < -0.3 is 20.7 Å². The van der Waals surface area contributed by atoms with Crippen LogP contribution in [0.25, 0.3) is 0 Å². The summed E-state index contributed by atoms with van der Waals surface area (Å²) in [5.41, 5.74) is 2.19. The molecule has 148 valence electrons. The summed E-state index contributed by atoms with van der Waals surface area (Å²) >= 11 is 0. The molecule has 8 heteroatoms. The number of amides is 2. The first kappa shape index (κ1) is 19.8. The van der Waals surface area contributed by atoms with Crippen molar-refractivity contribution in [1.29, 1.82) is 0 Å². The average Bonchev–Trinajstić information content (AvgIpc) is 2.69. The van der Waals surface area contributed by atoms with Crippen molar-refractivity contribution < 1.29 is 14.3 Å². The molecule has 0 radical (unpaired) electrons. The second-order valence-electron chi connectivity index (χ2n) is 6.22. The van der Waals surface area contributed by atoms with Crippen molar-refractivity contribution in [3.63, 3.8) is 0 Å². The van der Waals surface area contributed by atoms with E-state index in [1.807, 2.05) is 24.3 Å². The van der Waals surface area contributed by atoms with E-state index in [0.29, 0.717) is 28.8 Å². The smallest absolute Gasteiger partial charge is 0.274 e. The van der Waals surface area contributed by atoms with Crippen molar-refractivity contribution >= 4 is 34.7 Å². The third-order valence-electron chi connectivity index (χ3n) is 3.90. The molecule has 0 saturated heterocycles. The number of para-hydroxylation sites is 2. The van der Waals surface area contributed by atoms with Crippen LogP contribution in [-0.4, -0.2) is 28.9 Å². The van der Waals surface area contributed by atoms with E-state index in [2.05, 4.69) is 25.9 Å². The van der Waals surface area contributed by atoms with Gasteiger partial charge in [0.15, 0.2) is 0 Å². The number of benzene rings is 2. The molecule has 0 aliphatic heterocycles.